The average molecular weight is 299 g/mol. The molecule has 3 nitrogen and oxygen atoms in total. The number of methoxy groups -OCH3 is 1. The van der Waals surface area contributed by atoms with Crippen molar-refractivity contribution in [2.45, 2.75) is 39.0 Å². The molecule has 118 valence electrons. The molecule has 1 unspecified atom stereocenters. The van der Waals surface area contributed by atoms with E-state index in [0.717, 1.165) is 30.7 Å². The second kappa shape index (κ2) is 8.57. The second-order valence-electron chi connectivity index (χ2n) is 5.60. The molecule has 22 heavy (non-hydrogen) atoms. The Bertz CT molecular complexity index is 566. The maximum atomic E-state index is 9.34. The Kier molecular flexibility index (Phi) is 6.44. The van der Waals surface area contributed by atoms with Gasteiger partial charge in [-0.05, 0) is 48.6 Å². The van der Waals surface area contributed by atoms with E-state index < -0.39 is 0 Å². The zero-order valence-corrected chi connectivity index (χ0v) is 13.4. The molecule has 0 saturated carbocycles. The van der Waals surface area contributed by atoms with Crippen LogP contribution in [0.25, 0.3) is 0 Å². The first-order valence-electron chi connectivity index (χ1n) is 7.77. The molecule has 0 fully saturated rings. The Morgan fingerprint density at radius 3 is 2.36 bits per heavy atom. The third-order valence-electron chi connectivity index (χ3n) is 3.95. The fraction of sp³-hybridized carbons (Fsp3) is 0.368. The summed E-state index contributed by atoms with van der Waals surface area (Å²) in [5, 5.41) is 12.9. The fourth-order valence-corrected chi connectivity index (χ4v) is 2.45. The lowest BCUT2D eigenvalue weighted by Gasteiger charge is -2.15. The summed E-state index contributed by atoms with van der Waals surface area (Å²) < 4.78 is 5.17. The number of aliphatic hydroxyl groups is 1. The quantitative estimate of drug-likeness (QED) is 0.786. The first-order chi connectivity index (χ1) is 10.7. The molecule has 0 aliphatic heterocycles. The highest BCUT2D eigenvalue weighted by Gasteiger charge is 2.05. The van der Waals surface area contributed by atoms with Gasteiger partial charge in [-0.25, -0.2) is 0 Å². The zero-order valence-electron chi connectivity index (χ0n) is 13.4. The van der Waals surface area contributed by atoms with Gasteiger partial charge < -0.3 is 15.2 Å². The van der Waals surface area contributed by atoms with E-state index in [0.29, 0.717) is 6.04 Å². The van der Waals surface area contributed by atoms with E-state index in [1.807, 2.05) is 30.3 Å². The molecule has 2 rings (SSSR count). The number of aryl methyl sites for hydroxylation is 1. The molecule has 0 amide bonds. The minimum absolute atomic E-state index is 0.0953. The number of aliphatic hydroxyl groups excluding tert-OH is 1. The largest absolute Gasteiger partial charge is 0.497 e. The summed E-state index contributed by atoms with van der Waals surface area (Å²) in [6.07, 6.45) is 2.12. The van der Waals surface area contributed by atoms with E-state index in [-0.39, 0.29) is 6.61 Å². The van der Waals surface area contributed by atoms with Crippen LogP contribution in [-0.4, -0.2) is 18.3 Å². The van der Waals surface area contributed by atoms with Crippen molar-refractivity contribution in [3.05, 3.63) is 65.2 Å². The summed E-state index contributed by atoms with van der Waals surface area (Å²) in [7, 11) is 1.69. The molecule has 2 N–H and O–H groups in total. The summed E-state index contributed by atoms with van der Waals surface area (Å²) in [6, 6.07) is 16.7. The monoisotopic (exact) mass is 299 g/mol. The lowest BCUT2D eigenvalue weighted by atomic mass is 10.0. The van der Waals surface area contributed by atoms with Crippen molar-refractivity contribution in [1.29, 1.82) is 0 Å². The van der Waals surface area contributed by atoms with E-state index >= 15 is 0 Å². The van der Waals surface area contributed by atoms with Crippen LogP contribution in [0, 0.1) is 0 Å². The van der Waals surface area contributed by atoms with Crippen molar-refractivity contribution in [3.8, 4) is 5.75 Å². The predicted octanol–water partition coefficient (Wildman–Crippen LogP) is 3.30. The van der Waals surface area contributed by atoms with E-state index in [1.54, 1.807) is 7.11 Å². The summed E-state index contributed by atoms with van der Waals surface area (Å²) in [5.74, 6) is 0.899. The molecule has 0 spiro atoms. The molecular formula is C19H25NO2. The van der Waals surface area contributed by atoms with Gasteiger partial charge >= 0.3 is 0 Å². The Morgan fingerprint density at radius 2 is 1.73 bits per heavy atom. The van der Waals surface area contributed by atoms with Gasteiger partial charge in [-0.3, -0.25) is 0 Å². The summed E-state index contributed by atoms with van der Waals surface area (Å²) in [5.41, 5.74) is 3.49. The lowest BCUT2D eigenvalue weighted by molar-refractivity contribution is 0.280. The van der Waals surface area contributed by atoms with E-state index in [2.05, 4.69) is 30.4 Å². The molecular weight excluding hydrogens is 274 g/mol. The molecule has 3 heteroatoms. The van der Waals surface area contributed by atoms with Crippen LogP contribution in [0.15, 0.2) is 48.5 Å². The first kappa shape index (κ1) is 16.5. The highest BCUT2D eigenvalue weighted by molar-refractivity contribution is 5.27. The van der Waals surface area contributed by atoms with Crippen LogP contribution in [-0.2, 0) is 19.6 Å². The predicted molar refractivity (Wildman–Crippen MR) is 90.0 cm³/mol. The summed E-state index contributed by atoms with van der Waals surface area (Å²) >= 11 is 0. The molecule has 0 aliphatic carbocycles. The lowest BCUT2D eigenvalue weighted by Crippen LogP contribution is -2.26. The second-order valence-corrected chi connectivity index (χ2v) is 5.60. The maximum absolute atomic E-state index is 9.34. The SMILES string of the molecule is COc1ccc(CCC(C)NCc2ccccc2CO)cc1. The van der Waals surface area contributed by atoms with Crippen LogP contribution >= 0.6 is 0 Å². The van der Waals surface area contributed by atoms with E-state index in [4.69, 9.17) is 4.74 Å². The third-order valence-corrected chi connectivity index (χ3v) is 3.95. The van der Waals surface area contributed by atoms with Crippen molar-refractivity contribution < 1.29 is 9.84 Å². The molecule has 0 aliphatic rings. The Labute approximate surface area is 133 Å². The third kappa shape index (κ3) is 4.86. The van der Waals surface area contributed by atoms with Crippen molar-refractivity contribution in [2.75, 3.05) is 7.11 Å². The van der Waals surface area contributed by atoms with Crippen molar-refractivity contribution in [2.24, 2.45) is 0 Å². The van der Waals surface area contributed by atoms with Gasteiger partial charge in [-0.1, -0.05) is 36.4 Å². The highest BCUT2D eigenvalue weighted by atomic mass is 16.5. The molecule has 2 aromatic rings. The molecule has 0 bridgehead atoms. The first-order valence-corrected chi connectivity index (χ1v) is 7.77. The molecule has 0 saturated heterocycles. The zero-order chi connectivity index (χ0) is 15.8. The van der Waals surface area contributed by atoms with Crippen molar-refractivity contribution in [1.82, 2.24) is 5.32 Å². The average Bonchev–Trinajstić information content (AvgIpc) is 2.58. The van der Waals surface area contributed by atoms with Gasteiger partial charge in [0.25, 0.3) is 0 Å². The van der Waals surface area contributed by atoms with Gasteiger partial charge in [0.1, 0.15) is 5.75 Å². The van der Waals surface area contributed by atoms with E-state index in [1.165, 1.54) is 11.1 Å². The van der Waals surface area contributed by atoms with Crippen LogP contribution in [0.3, 0.4) is 0 Å². The van der Waals surface area contributed by atoms with Crippen LogP contribution in [0.2, 0.25) is 0 Å². The Hall–Kier alpha value is -1.84. The number of ether oxygens (including phenoxy) is 1. The molecule has 0 aromatic heterocycles. The molecule has 0 heterocycles. The van der Waals surface area contributed by atoms with Gasteiger partial charge in [0.2, 0.25) is 0 Å². The van der Waals surface area contributed by atoms with Gasteiger partial charge in [0.15, 0.2) is 0 Å². The van der Waals surface area contributed by atoms with Crippen molar-refractivity contribution >= 4 is 0 Å². The van der Waals surface area contributed by atoms with Crippen LogP contribution in [0.4, 0.5) is 0 Å². The minimum atomic E-state index is 0.0953. The highest BCUT2D eigenvalue weighted by Crippen LogP contribution is 2.14. The molecule has 2 aromatic carbocycles. The topological polar surface area (TPSA) is 41.5 Å². The van der Waals surface area contributed by atoms with Crippen molar-refractivity contribution in [3.63, 3.8) is 0 Å². The smallest absolute Gasteiger partial charge is 0.118 e. The van der Waals surface area contributed by atoms with Crippen LogP contribution in [0.5, 0.6) is 5.75 Å². The van der Waals surface area contributed by atoms with Gasteiger partial charge in [-0.15, -0.1) is 0 Å². The standard InChI is InChI=1S/C19H25NO2/c1-15(7-8-16-9-11-19(22-2)12-10-16)20-13-17-5-3-4-6-18(17)14-21/h3-6,9-12,15,20-21H,7-8,13-14H2,1-2H3. The fourth-order valence-electron chi connectivity index (χ4n) is 2.45. The molecule has 1 atom stereocenters. The van der Waals surface area contributed by atoms with Gasteiger partial charge in [0.05, 0.1) is 13.7 Å². The Morgan fingerprint density at radius 1 is 1.05 bits per heavy atom. The number of benzene rings is 2. The minimum Gasteiger partial charge on any atom is -0.497 e. The number of nitrogens with one attached hydrogen (secondary N) is 1. The molecule has 0 radical (unpaired) electrons. The van der Waals surface area contributed by atoms with Gasteiger partial charge in [-0.2, -0.15) is 0 Å². The summed E-state index contributed by atoms with van der Waals surface area (Å²) in [4.78, 5) is 0. The number of hydrogen-bond acceptors (Lipinski definition) is 3. The normalized spacial score (nSPS) is 12.1. The van der Waals surface area contributed by atoms with Gasteiger partial charge in [0, 0.05) is 12.6 Å². The summed E-state index contributed by atoms with van der Waals surface area (Å²) in [6.45, 7) is 3.09. The van der Waals surface area contributed by atoms with E-state index in [9.17, 15) is 5.11 Å². The maximum Gasteiger partial charge on any atom is 0.118 e. The number of rotatable bonds is 8. The Balaban J connectivity index is 1.78. The van der Waals surface area contributed by atoms with Crippen LogP contribution < -0.4 is 10.1 Å². The van der Waals surface area contributed by atoms with Crippen LogP contribution in [0.1, 0.15) is 30.0 Å². The number of hydrogen-bond donors (Lipinski definition) is 2.